The minimum absolute atomic E-state index is 1.04. The van der Waals surface area contributed by atoms with Crippen molar-refractivity contribution in [1.82, 2.24) is 9.97 Å². The number of rotatable bonds is 4. The normalized spacial score (nSPS) is 13.5. The summed E-state index contributed by atoms with van der Waals surface area (Å²) in [6, 6.07) is 8.97. The van der Waals surface area contributed by atoms with E-state index >= 15 is 0 Å². The third-order valence-corrected chi connectivity index (χ3v) is 4.05. The summed E-state index contributed by atoms with van der Waals surface area (Å²) in [4.78, 5) is 8.87. The average molecular weight is 252 g/mol. The Morgan fingerprint density at radius 3 is 2.53 bits per heavy atom. The summed E-state index contributed by atoms with van der Waals surface area (Å²) < 4.78 is 0. The van der Waals surface area contributed by atoms with Crippen molar-refractivity contribution in [3.8, 4) is 0 Å². The average Bonchev–Trinajstić information content (AvgIpc) is 2.94. The Kier molecular flexibility index (Phi) is 3.58. The topological polar surface area (TPSA) is 25.8 Å². The Morgan fingerprint density at radius 2 is 1.74 bits per heavy atom. The highest BCUT2D eigenvalue weighted by molar-refractivity contribution is 5.30. The lowest BCUT2D eigenvalue weighted by molar-refractivity contribution is 0.865. The molecule has 0 N–H and O–H groups in total. The Bertz CT molecular complexity index is 558. The lowest BCUT2D eigenvalue weighted by Gasteiger charge is -2.07. The van der Waals surface area contributed by atoms with Gasteiger partial charge in [0.15, 0.2) is 0 Å². The molecule has 0 unspecified atom stereocenters. The maximum atomic E-state index is 4.49. The number of nitrogens with zero attached hydrogens (tertiary/aromatic N) is 2. The molecule has 1 aromatic heterocycles. The van der Waals surface area contributed by atoms with Gasteiger partial charge >= 0.3 is 0 Å². The van der Waals surface area contributed by atoms with Crippen LogP contribution in [0.5, 0.6) is 0 Å². The highest BCUT2D eigenvalue weighted by Gasteiger charge is 2.16. The first-order chi connectivity index (χ1) is 9.36. The minimum Gasteiger partial charge on any atom is -0.241 e. The fraction of sp³-hybridized carbons (Fsp3) is 0.412. The molecule has 0 saturated carbocycles. The van der Waals surface area contributed by atoms with Crippen molar-refractivity contribution in [2.24, 2.45) is 0 Å². The first-order valence-corrected chi connectivity index (χ1v) is 7.26. The molecule has 2 heteroatoms. The van der Waals surface area contributed by atoms with Crippen molar-refractivity contribution in [2.45, 2.75) is 45.4 Å². The number of hydrogen-bond acceptors (Lipinski definition) is 2. The first kappa shape index (κ1) is 12.3. The Balaban J connectivity index is 1.70. The van der Waals surface area contributed by atoms with Gasteiger partial charge in [0.25, 0.3) is 0 Å². The Morgan fingerprint density at radius 1 is 0.947 bits per heavy atom. The number of benzene rings is 1. The maximum Gasteiger partial charge on any atom is 0.115 e. The molecule has 0 amide bonds. The predicted octanol–water partition coefficient (Wildman–Crippen LogP) is 3.31. The Hall–Kier alpha value is -1.70. The molecule has 1 aliphatic carbocycles. The van der Waals surface area contributed by atoms with Crippen LogP contribution in [0.15, 0.2) is 30.6 Å². The van der Waals surface area contributed by atoms with E-state index in [2.05, 4.69) is 41.2 Å². The summed E-state index contributed by atoms with van der Waals surface area (Å²) in [6.45, 7) is 2.19. The van der Waals surface area contributed by atoms with E-state index in [1.807, 2.05) is 0 Å². The van der Waals surface area contributed by atoms with Gasteiger partial charge in [0, 0.05) is 11.4 Å². The van der Waals surface area contributed by atoms with E-state index in [0.717, 1.165) is 25.7 Å². The fourth-order valence-electron chi connectivity index (χ4n) is 2.85. The number of aromatic nitrogens is 2. The molecule has 3 rings (SSSR count). The van der Waals surface area contributed by atoms with Gasteiger partial charge in [-0.3, -0.25) is 0 Å². The van der Waals surface area contributed by atoms with Crippen molar-refractivity contribution < 1.29 is 0 Å². The van der Waals surface area contributed by atoms with Crippen LogP contribution in [0.1, 0.15) is 41.4 Å². The molecular weight excluding hydrogens is 232 g/mol. The van der Waals surface area contributed by atoms with Crippen LogP contribution < -0.4 is 0 Å². The number of fused-ring (bicyclic) bond motifs is 1. The van der Waals surface area contributed by atoms with E-state index in [9.17, 15) is 0 Å². The van der Waals surface area contributed by atoms with Gasteiger partial charge in [0.2, 0.25) is 0 Å². The van der Waals surface area contributed by atoms with Gasteiger partial charge in [0.1, 0.15) is 6.33 Å². The van der Waals surface area contributed by atoms with Gasteiger partial charge in [0.05, 0.1) is 0 Å². The van der Waals surface area contributed by atoms with Crippen molar-refractivity contribution in [2.75, 3.05) is 0 Å². The summed E-state index contributed by atoms with van der Waals surface area (Å²) in [6.07, 6.45) is 8.51. The Labute approximate surface area is 114 Å². The fourth-order valence-corrected chi connectivity index (χ4v) is 2.85. The van der Waals surface area contributed by atoms with Gasteiger partial charge < -0.3 is 0 Å². The van der Waals surface area contributed by atoms with Crippen LogP contribution in [0.3, 0.4) is 0 Å². The second-order valence-corrected chi connectivity index (χ2v) is 5.27. The summed E-state index contributed by atoms with van der Waals surface area (Å²) in [5.41, 5.74) is 6.79. The van der Waals surface area contributed by atoms with Crippen LogP contribution in [0.2, 0.25) is 0 Å². The molecule has 1 aliphatic rings. The van der Waals surface area contributed by atoms with E-state index < -0.39 is 0 Å². The van der Waals surface area contributed by atoms with Crippen LogP contribution in [-0.2, 0) is 32.1 Å². The highest BCUT2D eigenvalue weighted by atomic mass is 14.8. The van der Waals surface area contributed by atoms with Crippen LogP contribution >= 0.6 is 0 Å². The van der Waals surface area contributed by atoms with Crippen molar-refractivity contribution in [1.29, 1.82) is 0 Å². The van der Waals surface area contributed by atoms with Gasteiger partial charge in [-0.05, 0) is 55.2 Å². The lowest BCUT2D eigenvalue weighted by atomic mass is 10.0. The first-order valence-electron chi connectivity index (χ1n) is 7.26. The summed E-state index contributed by atoms with van der Waals surface area (Å²) in [5.74, 6) is 0. The monoisotopic (exact) mass is 252 g/mol. The summed E-state index contributed by atoms with van der Waals surface area (Å²) in [5, 5.41) is 0. The van der Waals surface area contributed by atoms with Crippen LogP contribution in [0.4, 0.5) is 0 Å². The molecule has 0 radical (unpaired) electrons. The third kappa shape index (κ3) is 2.67. The van der Waals surface area contributed by atoms with Crippen LogP contribution in [-0.4, -0.2) is 9.97 Å². The zero-order valence-electron chi connectivity index (χ0n) is 11.5. The number of aryl methyl sites for hydroxylation is 4. The largest absolute Gasteiger partial charge is 0.241 e. The van der Waals surface area contributed by atoms with Gasteiger partial charge in [-0.15, -0.1) is 0 Å². The third-order valence-electron chi connectivity index (χ3n) is 4.05. The zero-order chi connectivity index (χ0) is 13.1. The van der Waals surface area contributed by atoms with Crippen molar-refractivity contribution in [3.05, 3.63) is 58.7 Å². The van der Waals surface area contributed by atoms with E-state index in [-0.39, 0.29) is 0 Å². The van der Waals surface area contributed by atoms with E-state index in [1.54, 1.807) is 6.33 Å². The second kappa shape index (κ2) is 5.52. The van der Waals surface area contributed by atoms with Gasteiger partial charge in [-0.2, -0.15) is 0 Å². The molecule has 0 spiro atoms. The second-order valence-electron chi connectivity index (χ2n) is 5.27. The summed E-state index contributed by atoms with van der Waals surface area (Å²) >= 11 is 0. The molecule has 98 valence electrons. The van der Waals surface area contributed by atoms with Gasteiger partial charge in [-0.25, -0.2) is 9.97 Å². The highest BCUT2D eigenvalue weighted by Crippen LogP contribution is 2.22. The maximum absolute atomic E-state index is 4.49. The molecule has 1 heterocycles. The van der Waals surface area contributed by atoms with Crippen LogP contribution in [0, 0.1) is 0 Å². The van der Waals surface area contributed by atoms with Crippen LogP contribution in [0.25, 0.3) is 0 Å². The quantitative estimate of drug-likeness (QED) is 0.834. The van der Waals surface area contributed by atoms with E-state index in [4.69, 9.17) is 0 Å². The minimum atomic E-state index is 1.04. The van der Waals surface area contributed by atoms with Crippen molar-refractivity contribution in [3.63, 3.8) is 0 Å². The smallest absolute Gasteiger partial charge is 0.115 e. The molecule has 1 aromatic carbocycles. The van der Waals surface area contributed by atoms with Gasteiger partial charge in [-0.1, -0.05) is 31.2 Å². The summed E-state index contributed by atoms with van der Waals surface area (Å²) in [7, 11) is 0. The standard InChI is InChI=1S/C17H20N2/c1-2-13-6-8-14(9-7-13)10-11-17-15-4-3-5-16(15)18-12-19-17/h6-9,12H,2-5,10-11H2,1H3. The van der Waals surface area contributed by atoms with E-state index in [0.29, 0.717) is 0 Å². The predicted molar refractivity (Wildman–Crippen MR) is 77.3 cm³/mol. The lowest BCUT2D eigenvalue weighted by Crippen LogP contribution is -2.02. The molecule has 0 saturated heterocycles. The molecular formula is C17H20N2. The zero-order valence-corrected chi connectivity index (χ0v) is 11.5. The molecule has 2 nitrogen and oxygen atoms in total. The molecule has 0 bridgehead atoms. The van der Waals surface area contributed by atoms with E-state index in [1.165, 1.54) is 40.9 Å². The molecule has 19 heavy (non-hydrogen) atoms. The molecule has 2 aromatic rings. The molecule has 0 fully saturated rings. The van der Waals surface area contributed by atoms with Crippen molar-refractivity contribution >= 4 is 0 Å². The SMILES string of the molecule is CCc1ccc(CCc2ncnc3c2CCC3)cc1. The molecule has 0 atom stereocenters. The number of hydrogen-bond donors (Lipinski definition) is 0. The molecule has 0 aliphatic heterocycles.